The first-order chi connectivity index (χ1) is 14.0. The SMILES string of the molecule is CCCCCN(C(=O)CSc1ccccn1)c1c(N)n(CCCC)c(=O)[nH]c1=O. The van der Waals surface area contributed by atoms with Gasteiger partial charge in [0.1, 0.15) is 5.82 Å². The molecule has 1 amide bonds. The van der Waals surface area contributed by atoms with Crippen LogP contribution in [-0.2, 0) is 11.3 Å². The molecule has 0 radical (unpaired) electrons. The minimum absolute atomic E-state index is 0.0416. The van der Waals surface area contributed by atoms with Gasteiger partial charge in [0.2, 0.25) is 5.91 Å². The van der Waals surface area contributed by atoms with E-state index in [9.17, 15) is 14.4 Å². The average Bonchev–Trinajstić information content (AvgIpc) is 2.71. The van der Waals surface area contributed by atoms with Crippen molar-refractivity contribution in [2.75, 3.05) is 22.9 Å². The van der Waals surface area contributed by atoms with Gasteiger partial charge in [0.25, 0.3) is 5.56 Å². The molecule has 158 valence electrons. The van der Waals surface area contributed by atoms with Crippen molar-refractivity contribution in [3.05, 3.63) is 45.2 Å². The number of unbranched alkanes of at least 4 members (excludes halogenated alkanes) is 3. The number of carbonyl (C=O) groups excluding carboxylic acids is 1. The molecule has 0 saturated heterocycles. The van der Waals surface area contributed by atoms with Gasteiger partial charge in [-0.25, -0.2) is 9.78 Å². The average molecular weight is 420 g/mol. The molecule has 0 spiro atoms. The van der Waals surface area contributed by atoms with E-state index < -0.39 is 11.2 Å². The summed E-state index contributed by atoms with van der Waals surface area (Å²) in [6, 6.07) is 5.49. The number of H-pyrrole nitrogens is 1. The van der Waals surface area contributed by atoms with Crippen molar-refractivity contribution >= 4 is 29.2 Å². The van der Waals surface area contributed by atoms with Gasteiger partial charge >= 0.3 is 5.69 Å². The Balaban J connectivity index is 2.34. The van der Waals surface area contributed by atoms with Crippen LogP contribution in [0.1, 0.15) is 46.0 Å². The predicted molar refractivity (Wildman–Crippen MR) is 117 cm³/mol. The van der Waals surface area contributed by atoms with E-state index in [0.717, 1.165) is 37.1 Å². The van der Waals surface area contributed by atoms with E-state index in [2.05, 4.69) is 16.9 Å². The van der Waals surface area contributed by atoms with Crippen LogP contribution in [0.4, 0.5) is 11.5 Å². The summed E-state index contributed by atoms with van der Waals surface area (Å²) in [5.41, 5.74) is 5.09. The number of pyridine rings is 1. The lowest BCUT2D eigenvalue weighted by atomic mass is 10.2. The highest BCUT2D eigenvalue weighted by molar-refractivity contribution is 7.99. The number of aromatic nitrogens is 3. The summed E-state index contributed by atoms with van der Waals surface area (Å²) in [4.78, 5) is 45.7. The van der Waals surface area contributed by atoms with Crippen molar-refractivity contribution in [3.63, 3.8) is 0 Å². The molecule has 2 rings (SSSR count). The Hall–Kier alpha value is -2.55. The van der Waals surface area contributed by atoms with Gasteiger partial charge in [-0.3, -0.25) is 19.1 Å². The maximum Gasteiger partial charge on any atom is 0.330 e. The summed E-state index contributed by atoms with van der Waals surface area (Å²) in [6.07, 6.45) is 5.92. The number of hydrogen-bond donors (Lipinski definition) is 2. The number of nitrogens with one attached hydrogen (secondary N) is 1. The summed E-state index contributed by atoms with van der Waals surface area (Å²) in [5.74, 6) is -0.0784. The Kier molecular flexibility index (Phi) is 8.98. The van der Waals surface area contributed by atoms with Crippen molar-refractivity contribution in [1.29, 1.82) is 0 Å². The fourth-order valence-corrected chi connectivity index (χ4v) is 3.64. The van der Waals surface area contributed by atoms with E-state index in [1.807, 2.05) is 25.1 Å². The fraction of sp³-hybridized carbons (Fsp3) is 0.500. The fourth-order valence-electron chi connectivity index (χ4n) is 2.90. The third-order valence-corrected chi connectivity index (χ3v) is 5.42. The molecular weight excluding hydrogens is 390 g/mol. The number of rotatable bonds is 11. The van der Waals surface area contributed by atoms with Crippen LogP contribution in [-0.4, -0.2) is 32.7 Å². The van der Waals surface area contributed by atoms with Crippen LogP contribution in [0.5, 0.6) is 0 Å². The topological polar surface area (TPSA) is 114 Å². The minimum atomic E-state index is -0.632. The molecule has 29 heavy (non-hydrogen) atoms. The van der Waals surface area contributed by atoms with Crippen LogP contribution in [0.2, 0.25) is 0 Å². The number of hydrogen-bond acceptors (Lipinski definition) is 6. The molecule has 0 aliphatic heterocycles. The predicted octanol–water partition coefficient (Wildman–Crippen LogP) is 2.63. The van der Waals surface area contributed by atoms with Gasteiger partial charge in [-0.1, -0.05) is 50.9 Å². The van der Waals surface area contributed by atoms with Crippen LogP contribution < -0.4 is 21.9 Å². The second-order valence-electron chi connectivity index (χ2n) is 6.71. The van der Waals surface area contributed by atoms with Crippen molar-refractivity contribution in [3.8, 4) is 0 Å². The van der Waals surface area contributed by atoms with E-state index >= 15 is 0 Å². The molecule has 8 nitrogen and oxygen atoms in total. The van der Waals surface area contributed by atoms with Gasteiger partial charge < -0.3 is 10.6 Å². The lowest BCUT2D eigenvalue weighted by Gasteiger charge is -2.24. The summed E-state index contributed by atoms with van der Waals surface area (Å²) < 4.78 is 1.34. The van der Waals surface area contributed by atoms with Gasteiger partial charge in [0, 0.05) is 19.3 Å². The van der Waals surface area contributed by atoms with E-state index in [0.29, 0.717) is 13.1 Å². The van der Waals surface area contributed by atoms with Gasteiger partial charge in [-0.2, -0.15) is 0 Å². The molecule has 0 aliphatic rings. The maximum absolute atomic E-state index is 13.0. The number of thioether (sulfide) groups is 1. The standard InChI is InChI=1S/C20H29N5O3S/c1-3-5-9-13-24(16(26)14-29-15-10-7-8-11-22-15)17-18(21)25(12-6-4-2)20(28)23-19(17)27/h7-8,10-11H,3-6,9,12-14,21H2,1-2H3,(H,23,27,28). The Morgan fingerprint density at radius 3 is 2.62 bits per heavy atom. The van der Waals surface area contributed by atoms with E-state index in [1.54, 1.807) is 6.20 Å². The molecular formula is C20H29N5O3S. The number of nitrogen functional groups attached to an aromatic ring is 1. The van der Waals surface area contributed by atoms with Crippen molar-refractivity contribution < 1.29 is 4.79 Å². The van der Waals surface area contributed by atoms with Gasteiger partial charge in [-0.15, -0.1) is 0 Å². The monoisotopic (exact) mass is 419 g/mol. The summed E-state index contributed by atoms with van der Waals surface area (Å²) in [5, 5.41) is 0.726. The Morgan fingerprint density at radius 1 is 1.21 bits per heavy atom. The second kappa shape index (κ2) is 11.5. The van der Waals surface area contributed by atoms with Gasteiger partial charge in [0.15, 0.2) is 5.69 Å². The molecule has 2 heterocycles. The molecule has 2 aromatic rings. The smallest absolute Gasteiger partial charge is 0.330 e. The second-order valence-corrected chi connectivity index (χ2v) is 7.70. The van der Waals surface area contributed by atoms with Crippen LogP contribution >= 0.6 is 11.8 Å². The molecule has 0 saturated carbocycles. The van der Waals surface area contributed by atoms with Crippen molar-refractivity contribution in [1.82, 2.24) is 14.5 Å². The molecule has 0 atom stereocenters. The Labute approximate surface area is 174 Å². The zero-order valence-electron chi connectivity index (χ0n) is 17.0. The van der Waals surface area contributed by atoms with Gasteiger partial charge in [0.05, 0.1) is 10.8 Å². The quantitative estimate of drug-likeness (QED) is 0.427. The molecule has 3 N–H and O–H groups in total. The maximum atomic E-state index is 13.0. The number of nitrogens with zero attached hydrogens (tertiary/aromatic N) is 3. The summed E-state index contributed by atoms with van der Waals surface area (Å²) in [7, 11) is 0. The number of nitrogens with two attached hydrogens (primary N) is 1. The highest BCUT2D eigenvalue weighted by Gasteiger charge is 2.24. The van der Waals surface area contributed by atoms with Crippen molar-refractivity contribution in [2.24, 2.45) is 0 Å². The Morgan fingerprint density at radius 2 is 1.97 bits per heavy atom. The third kappa shape index (κ3) is 6.22. The van der Waals surface area contributed by atoms with Crippen molar-refractivity contribution in [2.45, 2.75) is 57.5 Å². The molecule has 0 unspecified atom stereocenters. The summed E-state index contributed by atoms with van der Waals surface area (Å²) in [6.45, 7) is 4.83. The van der Waals surface area contributed by atoms with Crippen LogP contribution in [0, 0.1) is 0 Å². The highest BCUT2D eigenvalue weighted by Crippen LogP contribution is 2.21. The number of carbonyl (C=O) groups is 1. The first kappa shape index (κ1) is 22.7. The van der Waals surface area contributed by atoms with E-state index in [4.69, 9.17) is 5.73 Å². The van der Waals surface area contributed by atoms with Crippen LogP contribution in [0.15, 0.2) is 39.0 Å². The van der Waals surface area contributed by atoms with Gasteiger partial charge in [-0.05, 0) is 25.0 Å². The minimum Gasteiger partial charge on any atom is -0.383 e. The molecule has 0 aliphatic carbocycles. The lowest BCUT2D eigenvalue weighted by molar-refractivity contribution is -0.116. The number of amides is 1. The first-order valence-corrected chi connectivity index (χ1v) is 10.9. The molecule has 2 aromatic heterocycles. The largest absolute Gasteiger partial charge is 0.383 e. The normalized spacial score (nSPS) is 10.8. The molecule has 0 fully saturated rings. The third-order valence-electron chi connectivity index (χ3n) is 4.49. The molecule has 9 heteroatoms. The van der Waals surface area contributed by atoms with Crippen LogP contribution in [0.3, 0.4) is 0 Å². The zero-order valence-corrected chi connectivity index (χ0v) is 17.8. The summed E-state index contributed by atoms with van der Waals surface area (Å²) >= 11 is 1.30. The van der Waals surface area contributed by atoms with E-state index in [-0.39, 0.29) is 23.2 Å². The number of aromatic amines is 1. The zero-order chi connectivity index (χ0) is 21.2. The lowest BCUT2D eigenvalue weighted by Crippen LogP contribution is -2.42. The van der Waals surface area contributed by atoms with Crippen LogP contribution in [0.25, 0.3) is 0 Å². The van der Waals surface area contributed by atoms with E-state index in [1.165, 1.54) is 21.2 Å². The molecule has 0 bridgehead atoms. The molecule has 0 aromatic carbocycles. The first-order valence-electron chi connectivity index (χ1n) is 9.96. The highest BCUT2D eigenvalue weighted by atomic mass is 32.2. The number of anilines is 2. The Bertz CT molecular complexity index is 911.